The van der Waals surface area contributed by atoms with Crippen molar-refractivity contribution in [2.24, 2.45) is 0 Å². The van der Waals surface area contributed by atoms with Gasteiger partial charge in [0.1, 0.15) is 5.69 Å². The zero-order valence-electron chi connectivity index (χ0n) is 8.59. The fraction of sp³-hybridized carbons (Fsp3) is 0.273. The van der Waals surface area contributed by atoms with Crippen molar-refractivity contribution in [1.29, 1.82) is 0 Å². The summed E-state index contributed by atoms with van der Waals surface area (Å²) in [5.74, 6) is 0. The molecule has 1 aromatic carbocycles. The summed E-state index contributed by atoms with van der Waals surface area (Å²) in [6.45, 7) is 2.61. The van der Waals surface area contributed by atoms with E-state index in [9.17, 15) is 0 Å². The van der Waals surface area contributed by atoms with Crippen molar-refractivity contribution in [3.8, 4) is 11.3 Å². The Kier molecular flexibility index (Phi) is 2.78. The van der Waals surface area contributed by atoms with E-state index in [1.807, 2.05) is 37.4 Å². The normalized spacial score (nSPS) is 10.5. The van der Waals surface area contributed by atoms with Gasteiger partial charge < -0.3 is 5.11 Å². The van der Waals surface area contributed by atoms with Crippen molar-refractivity contribution >= 4 is 0 Å². The highest BCUT2D eigenvalue weighted by Crippen LogP contribution is 2.19. The van der Waals surface area contributed by atoms with Gasteiger partial charge in [0.05, 0.1) is 19.3 Å². The van der Waals surface area contributed by atoms with Gasteiger partial charge in [0, 0.05) is 5.56 Å². The molecule has 0 saturated heterocycles. The first-order valence-electron chi connectivity index (χ1n) is 4.88. The topological polar surface area (TPSA) is 50.9 Å². The molecule has 1 N–H and O–H groups in total. The van der Waals surface area contributed by atoms with Crippen LogP contribution >= 0.6 is 0 Å². The first-order valence-corrected chi connectivity index (χ1v) is 4.88. The Hall–Kier alpha value is -1.68. The van der Waals surface area contributed by atoms with E-state index >= 15 is 0 Å². The Labute approximate surface area is 88.2 Å². The molecule has 1 heterocycles. The van der Waals surface area contributed by atoms with Gasteiger partial charge in [0.15, 0.2) is 0 Å². The van der Waals surface area contributed by atoms with Crippen molar-refractivity contribution in [3.63, 3.8) is 0 Å². The summed E-state index contributed by atoms with van der Waals surface area (Å²) in [4.78, 5) is 0. The van der Waals surface area contributed by atoms with Gasteiger partial charge in [-0.1, -0.05) is 29.5 Å². The highest BCUT2D eigenvalue weighted by molar-refractivity contribution is 5.61. The van der Waals surface area contributed by atoms with E-state index in [1.54, 1.807) is 4.68 Å². The molecule has 2 aromatic rings. The minimum Gasteiger partial charge on any atom is -0.394 e. The maximum Gasteiger partial charge on any atom is 0.113 e. The van der Waals surface area contributed by atoms with Crippen LogP contribution in [0, 0.1) is 6.92 Å². The van der Waals surface area contributed by atoms with Gasteiger partial charge >= 0.3 is 0 Å². The minimum absolute atomic E-state index is 0.0799. The lowest BCUT2D eigenvalue weighted by molar-refractivity contribution is 0.268. The van der Waals surface area contributed by atoms with Gasteiger partial charge in [-0.25, -0.2) is 4.68 Å². The van der Waals surface area contributed by atoms with Gasteiger partial charge in [0.2, 0.25) is 0 Å². The molecular weight excluding hydrogens is 190 g/mol. The van der Waals surface area contributed by atoms with E-state index in [0.29, 0.717) is 6.54 Å². The van der Waals surface area contributed by atoms with E-state index in [1.165, 1.54) is 5.56 Å². The maximum absolute atomic E-state index is 8.77. The number of hydrogen-bond acceptors (Lipinski definition) is 3. The Morgan fingerprint density at radius 2 is 2.13 bits per heavy atom. The molecule has 0 saturated carbocycles. The highest BCUT2D eigenvalue weighted by atomic mass is 16.3. The lowest BCUT2D eigenvalue weighted by atomic mass is 10.1. The molecule has 0 radical (unpaired) electrons. The molecule has 0 aliphatic carbocycles. The van der Waals surface area contributed by atoms with Crippen LogP contribution in [-0.4, -0.2) is 26.7 Å². The highest BCUT2D eigenvalue weighted by Gasteiger charge is 2.05. The fourth-order valence-electron chi connectivity index (χ4n) is 1.49. The number of hydrogen-bond donors (Lipinski definition) is 1. The van der Waals surface area contributed by atoms with Crippen LogP contribution in [0.1, 0.15) is 5.56 Å². The van der Waals surface area contributed by atoms with Crippen LogP contribution in [0.15, 0.2) is 30.5 Å². The zero-order chi connectivity index (χ0) is 10.7. The van der Waals surface area contributed by atoms with Crippen LogP contribution in [-0.2, 0) is 6.54 Å². The maximum atomic E-state index is 8.77. The van der Waals surface area contributed by atoms with E-state index < -0.39 is 0 Å². The SMILES string of the molecule is Cc1ccccc1-c1cn(CCO)nn1. The van der Waals surface area contributed by atoms with Crippen LogP contribution in [0.3, 0.4) is 0 Å². The predicted molar refractivity (Wildman–Crippen MR) is 57.3 cm³/mol. The van der Waals surface area contributed by atoms with Crippen molar-refractivity contribution in [1.82, 2.24) is 15.0 Å². The van der Waals surface area contributed by atoms with Gasteiger partial charge in [-0.3, -0.25) is 0 Å². The predicted octanol–water partition coefficient (Wildman–Crippen LogP) is 1.25. The third-order valence-corrected chi connectivity index (χ3v) is 2.29. The second kappa shape index (κ2) is 4.23. The van der Waals surface area contributed by atoms with E-state index in [2.05, 4.69) is 10.3 Å². The average Bonchev–Trinajstić information content (AvgIpc) is 2.68. The Morgan fingerprint density at radius 3 is 2.87 bits per heavy atom. The molecule has 2 rings (SSSR count). The van der Waals surface area contributed by atoms with E-state index in [0.717, 1.165) is 11.3 Å². The van der Waals surface area contributed by atoms with Crippen molar-refractivity contribution < 1.29 is 5.11 Å². The van der Waals surface area contributed by atoms with Gasteiger partial charge in [0.25, 0.3) is 0 Å². The zero-order valence-corrected chi connectivity index (χ0v) is 8.59. The average molecular weight is 203 g/mol. The summed E-state index contributed by atoms with van der Waals surface area (Å²) in [7, 11) is 0. The largest absolute Gasteiger partial charge is 0.394 e. The number of nitrogens with zero attached hydrogens (tertiary/aromatic N) is 3. The number of aliphatic hydroxyl groups excluding tert-OH is 1. The lowest BCUT2D eigenvalue weighted by Gasteiger charge is -1.99. The molecule has 15 heavy (non-hydrogen) atoms. The molecule has 78 valence electrons. The van der Waals surface area contributed by atoms with E-state index in [4.69, 9.17) is 5.11 Å². The first-order chi connectivity index (χ1) is 7.31. The van der Waals surface area contributed by atoms with Crippen LogP contribution in [0.2, 0.25) is 0 Å². The minimum atomic E-state index is 0.0799. The monoisotopic (exact) mass is 203 g/mol. The van der Waals surface area contributed by atoms with Crippen LogP contribution in [0.5, 0.6) is 0 Å². The second-order valence-corrected chi connectivity index (χ2v) is 3.41. The smallest absolute Gasteiger partial charge is 0.113 e. The molecule has 0 atom stereocenters. The molecule has 0 amide bonds. The molecule has 0 bridgehead atoms. The number of aliphatic hydroxyl groups is 1. The summed E-state index contributed by atoms with van der Waals surface area (Å²) in [5.41, 5.74) is 3.11. The van der Waals surface area contributed by atoms with Crippen molar-refractivity contribution in [3.05, 3.63) is 36.0 Å². The van der Waals surface area contributed by atoms with Crippen LogP contribution in [0.25, 0.3) is 11.3 Å². The molecular formula is C11H13N3O. The standard InChI is InChI=1S/C11H13N3O/c1-9-4-2-3-5-10(9)11-8-14(6-7-15)13-12-11/h2-5,8,15H,6-7H2,1H3. The Balaban J connectivity index is 2.33. The molecule has 0 aliphatic heterocycles. The Bertz CT molecular complexity index is 451. The second-order valence-electron chi connectivity index (χ2n) is 3.41. The Morgan fingerprint density at radius 1 is 1.33 bits per heavy atom. The quantitative estimate of drug-likeness (QED) is 0.816. The fourth-order valence-corrected chi connectivity index (χ4v) is 1.49. The van der Waals surface area contributed by atoms with Gasteiger partial charge in [-0.15, -0.1) is 5.10 Å². The van der Waals surface area contributed by atoms with Gasteiger partial charge in [-0.05, 0) is 12.5 Å². The van der Waals surface area contributed by atoms with E-state index in [-0.39, 0.29) is 6.61 Å². The number of benzene rings is 1. The summed E-state index contributed by atoms with van der Waals surface area (Å²) in [6, 6.07) is 8.04. The number of rotatable bonds is 3. The molecule has 4 nitrogen and oxygen atoms in total. The van der Waals surface area contributed by atoms with Crippen molar-refractivity contribution in [2.45, 2.75) is 13.5 Å². The summed E-state index contributed by atoms with van der Waals surface area (Å²) in [5, 5.41) is 16.8. The summed E-state index contributed by atoms with van der Waals surface area (Å²) in [6.07, 6.45) is 1.85. The van der Waals surface area contributed by atoms with Crippen LogP contribution < -0.4 is 0 Å². The molecule has 0 fully saturated rings. The third kappa shape index (κ3) is 2.05. The van der Waals surface area contributed by atoms with Gasteiger partial charge in [-0.2, -0.15) is 0 Å². The molecule has 4 heteroatoms. The lowest BCUT2D eigenvalue weighted by Crippen LogP contribution is -2.01. The molecule has 0 aliphatic rings. The molecule has 0 spiro atoms. The first kappa shape index (κ1) is 9.86. The summed E-state index contributed by atoms with van der Waals surface area (Å²) < 4.78 is 1.64. The third-order valence-electron chi connectivity index (χ3n) is 2.29. The molecule has 0 unspecified atom stereocenters. The number of aryl methyl sites for hydroxylation is 1. The van der Waals surface area contributed by atoms with Crippen molar-refractivity contribution in [2.75, 3.05) is 6.61 Å². The number of aromatic nitrogens is 3. The van der Waals surface area contributed by atoms with Crippen LogP contribution in [0.4, 0.5) is 0 Å². The summed E-state index contributed by atoms with van der Waals surface area (Å²) >= 11 is 0. The molecule has 1 aromatic heterocycles.